The zero-order chi connectivity index (χ0) is 32.0. The van der Waals surface area contributed by atoms with Gasteiger partial charge in [0.1, 0.15) is 12.4 Å². The lowest BCUT2D eigenvalue weighted by Crippen LogP contribution is -2.44. The topological polar surface area (TPSA) is 153 Å². The fourth-order valence-electron chi connectivity index (χ4n) is 4.35. The van der Waals surface area contributed by atoms with Gasteiger partial charge in [-0.05, 0) is 67.4 Å². The van der Waals surface area contributed by atoms with Crippen LogP contribution in [-0.2, 0) is 25.5 Å². The highest BCUT2D eigenvalue weighted by molar-refractivity contribution is 6.30. The number of nitrogens with zero attached hydrogens (tertiary/aromatic N) is 2. The number of hydrazine groups is 2. The van der Waals surface area contributed by atoms with Crippen LogP contribution in [0.1, 0.15) is 41.3 Å². The van der Waals surface area contributed by atoms with Gasteiger partial charge in [-0.25, -0.2) is 10.5 Å². The average Bonchev–Trinajstić information content (AvgIpc) is 3.58. The first-order chi connectivity index (χ1) is 21.8. The molecule has 0 fully saturated rings. The number of anilines is 2. The van der Waals surface area contributed by atoms with Crippen LogP contribution in [-0.4, -0.2) is 49.2 Å². The van der Waals surface area contributed by atoms with Crippen molar-refractivity contribution in [2.24, 2.45) is 5.10 Å². The molecule has 5 N–H and O–H groups in total. The number of carbonyl (C=O) groups is 4. The van der Waals surface area contributed by atoms with Crippen molar-refractivity contribution in [2.75, 3.05) is 23.5 Å². The number of rotatable bonds is 14. The molecule has 0 aromatic heterocycles. The summed E-state index contributed by atoms with van der Waals surface area (Å²) in [4.78, 5) is 50.3. The average molecular weight is 632 g/mol. The number of hydrazone groups is 1. The van der Waals surface area contributed by atoms with E-state index < -0.39 is 17.9 Å². The molecular formula is C32H34ClN7O5. The molecule has 3 aromatic carbocycles. The van der Waals surface area contributed by atoms with Crippen molar-refractivity contribution in [3.8, 4) is 0 Å². The van der Waals surface area contributed by atoms with Gasteiger partial charge >= 0.3 is 5.97 Å². The van der Waals surface area contributed by atoms with E-state index in [1.165, 1.54) is 12.4 Å². The normalized spacial score (nSPS) is 12.8. The Morgan fingerprint density at radius 3 is 2.53 bits per heavy atom. The van der Waals surface area contributed by atoms with Crippen molar-refractivity contribution in [3.05, 3.63) is 101 Å². The first-order valence-corrected chi connectivity index (χ1v) is 14.7. The summed E-state index contributed by atoms with van der Waals surface area (Å²) >= 11 is 6.19. The molecule has 3 aromatic rings. The number of ether oxygens (including phenoxy) is 1. The fraction of sp³-hybridized carbons (Fsp3) is 0.219. The first kappa shape index (κ1) is 32.7. The van der Waals surface area contributed by atoms with Gasteiger partial charge in [-0.1, -0.05) is 41.9 Å². The summed E-state index contributed by atoms with van der Waals surface area (Å²) in [5.41, 5.74) is 8.52. The van der Waals surface area contributed by atoms with Gasteiger partial charge < -0.3 is 20.7 Å². The maximum absolute atomic E-state index is 13.4. The number of halogens is 1. The Bertz CT molecular complexity index is 1550. The third-order valence-electron chi connectivity index (χ3n) is 6.55. The van der Waals surface area contributed by atoms with Crippen LogP contribution in [0.3, 0.4) is 0 Å². The summed E-state index contributed by atoms with van der Waals surface area (Å²) in [6, 6.07) is 20.0. The second-order valence-corrected chi connectivity index (χ2v) is 10.3. The third kappa shape index (κ3) is 10.2. The Balaban J connectivity index is 1.39. The summed E-state index contributed by atoms with van der Waals surface area (Å²) < 4.78 is 4.88. The molecule has 4 rings (SSSR count). The number of hydrogen-bond donors (Lipinski definition) is 5. The summed E-state index contributed by atoms with van der Waals surface area (Å²) in [5.74, 6) is -1.51. The first-order valence-electron chi connectivity index (χ1n) is 14.3. The quantitative estimate of drug-likeness (QED) is 0.103. The maximum Gasteiger partial charge on any atom is 0.305 e. The van der Waals surface area contributed by atoms with Crippen LogP contribution in [0, 0.1) is 0 Å². The van der Waals surface area contributed by atoms with Crippen LogP contribution in [0.2, 0.25) is 5.02 Å². The Hall–Kier alpha value is -5.20. The molecule has 13 heteroatoms. The van der Waals surface area contributed by atoms with Crippen molar-refractivity contribution in [2.45, 2.75) is 32.2 Å². The minimum Gasteiger partial charge on any atom is -0.466 e. The van der Waals surface area contributed by atoms with E-state index in [9.17, 15) is 19.2 Å². The summed E-state index contributed by atoms with van der Waals surface area (Å²) in [6.45, 7) is 2.38. The molecule has 3 amide bonds. The molecule has 1 heterocycles. The predicted molar refractivity (Wildman–Crippen MR) is 173 cm³/mol. The van der Waals surface area contributed by atoms with Crippen molar-refractivity contribution >= 4 is 59.1 Å². The molecule has 12 nitrogen and oxygen atoms in total. The van der Waals surface area contributed by atoms with Gasteiger partial charge in [0.05, 0.1) is 12.3 Å². The van der Waals surface area contributed by atoms with Crippen molar-refractivity contribution in [1.29, 1.82) is 0 Å². The zero-order valence-corrected chi connectivity index (χ0v) is 25.3. The Morgan fingerprint density at radius 2 is 1.82 bits per heavy atom. The number of hydrogen-bond acceptors (Lipinski definition) is 9. The standard InChI is InChI=1S/C32H34ClN7O5/c1-2-45-30(42)9-6-18-34-31(43)23-10-14-26(15-11-23)36-32(44)27(19-22-7-4-3-5-8-22)37-29(41)17-12-24-20-25(33)13-16-28(24)40-21-35-38-39-40/h3-5,7-8,10-17,20-21,27,38-39H,2,6,9,18-19H2,1H3,(H,34,43)(H,36,44)(H,37,41)/b17-12+/t27-/m0/s1. The minimum atomic E-state index is -0.901. The molecule has 0 spiro atoms. The molecule has 1 aliphatic heterocycles. The molecule has 0 unspecified atom stereocenters. The Morgan fingerprint density at radius 1 is 1.04 bits per heavy atom. The van der Waals surface area contributed by atoms with Crippen LogP contribution in [0.25, 0.3) is 6.08 Å². The number of amides is 3. The largest absolute Gasteiger partial charge is 0.466 e. The van der Waals surface area contributed by atoms with Gasteiger partial charge in [-0.15, -0.1) is 5.53 Å². The lowest BCUT2D eigenvalue weighted by Gasteiger charge is -2.18. The minimum absolute atomic E-state index is 0.223. The molecule has 1 atom stereocenters. The summed E-state index contributed by atoms with van der Waals surface area (Å²) in [7, 11) is 0. The molecular weight excluding hydrogens is 598 g/mol. The molecule has 0 aliphatic carbocycles. The number of nitrogens with one attached hydrogen (secondary N) is 5. The van der Waals surface area contributed by atoms with Crippen molar-refractivity contribution in [1.82, 2.24) is 21.7 Å². The number of carbonyl (C=O) groups excluding carboxylic acids is 4. The van der Waals surface area contributed by atoms with Crippen LogP contribution in [0.5, 0.6) is 0 Å². The monoisotopic (exact) mass is 631 g/mol. The van der Waals surface area contributed by atoms with E-state index >= 15 is 0 Å². The fourth-order valence-corrected chi connectivity index (χ4v) is 4.53. The van der Waals surface area contributed by atoms with E-state index in [0.29, 0.717) is 47.1 Å². The third-order valence-corrected chi connectivity index (χ3v) is 6.79. The second kappa shape index (κ2) is 16.6. The van der Waals surface area contributed by atoms with Gasteiger partial charge in [0.25, 0.3) is 5.91 Å². The molecule has 234 valence electrons. The second-order valence-electron chi connectivity index (χ2n) is 9.86. The highest BCUT2D eigenvalue weighted by Crippen LogP contribution is 2.24. The van der Waals surface area contributed by atoms with Crippen LogP contribution in [0.15, 0.2) is 84.0 Å². The smallest absolute Gasteiger partial charge is 0.305 e. The zero-order valence-electron chi connectivity index (χ0n) is 24.6. The lowest BCUT2D eigenvalue weighted by molar-refractivity contribution is -0.143. The van der Waals surface area contributed by atoms with Gasteiger partial charge in [-0.3, -0.25) is 19.2 Å². The highest BCUT2D eigenvalue weighted by Gasteiger charge is 2.21. The van der Waals surface area contributed by atoms with Gasteiger partial charge in [0.15, 0.2) is 0 Å². The van der Waals surface area contributed by atoms with Gasteiger partial charge in [0, 0.05) is 47.3 Å². The van der Waals surface area contributed by atoms with E-state index in [1.807, 2.05) is 30.3 Å². The Labute approximate surface area is 265 Å². The molecule has 0 saturated carbocycles. The highest BCUT2D eigenvalue weighted by atomic mass is 35.5. The maximum atomic E-state index is 13.4. The van der Waals surface area contributed by atoms with Crippen molar-refractivity contribution in [3.63, 3.8) is 0 Å². The Kier molecular flexibility index (Phi) is 12.1. The van der Waals surface area contributed by atoms with Crippen molar-refractivity contribution < 1.29 is 23.9 Å². The van der Waals surface area contributed by atoms with E-state index in [4.69, 9.17) is 16.3 Å². The van der Waals surface area contributed by atoms with Crippen LogP contribution in [0.4, 0.5) is 11.4 Å². The molecule has 1 aliphatic rings. The summed E-state index contributed by atoms with van der Waals surface area (Å²) in [6.07, 6.45) is 5.41. The lowest BCUT2D eigenvalue weighted by atomic mass is 10.0. The van der Waals surface area contributed by atoms with E-state index in [-0.39, 0.29) is 24.7 Å². The molecule has 0 saturated heterocycles. The van der Waals surface area contributed by atoms with Crippen LogP contribution >= 0.6 is 11.6 Å². The summed E-state index contributed by atoms with van der Waals surface area (Å²) in [5, 5.41) is 14.4. The van der Waals surface area contributed by atoms with Gasteiger partial charge in [-0.2, -0.15) is 5.10 Å². The van der Waals surface area contributed by atoms with E-state index in [2.05, 4.69) is 32.1 Å². The molecule has 0 bridgehead atoms. The predicted octanol–water partition coefficient (Wildman–Crippen LogP) is 3.57. The van der Waals surface area contributed by atoms with Crippen LogP contribution < -0.4 is 32.0 Å². The van der Waals surface area contributed by atoms with E-state index in [1.54, 1.807) is 60.5 Å². The number of benzene rings is 3. The van der Waals surface area contributed by atoms with Gasteiger partial charge in [0.2, 0.25) is 11.8 Å². The SMILES string of the molecule is CCOC(=O)CCCNC(=O)c1ccc(NC(=O)[C@H](Cc2ccccc2)NC(=O)/C=C/c2cc(Cl)ccc2N2C=NNN2)cc1. The number of esters is 1. The molecule has 0 radical (unpaired) electrons. The molecule has 45 heavy (non-hydrogen) atoms. The van der Waals surface area contributed by atoms with E-state index in [0.717, 1.165) is 5.56 Å².